The molecule has 1 fully saturated rings. The van der Waals surface area contributed by atoms with Crippen LogP contribution in [0.15, 0.2) is 18.2 Å². The fourth-order valence-corrected chi connectivity index (χ4v) is 2.67. The van der Waals surface area contributed by atoms with E-state index in [0.717, 1.165) is 12.8 Å². The third kappa shape index (κ3) is 2.86. The summed E-state index contributed by atoms with van der Waals surface area (Å²) in [5, 5.41) is 22.6. The predicted molar refractivity (Wildman–Crippen MR) is 74.1 cm³/mol. The second-order valence-corrected chi connectivity index (χ2v) is 5.30. The fourth-order valence-electron chi connectivity index (χ4n) is 2.67. The largest absolute Gasteiger partial charge is 0.480 e. The number of benzene rings is 1. The quantitative estimate of drug-likeness (QED) is 0.651. The first-order valence-corrected chi connectivity index (χ1v) is 6.67. The Morgan fingerprint density at radius 1 is 1.33 bits per heavy atom. The van der Waals surface area contributed by atoms with Gasteiger partial charge in [0.15, 0.2) is 0 Å². The first kappa shape index (κ1) is 15.0. The molecule has 1 aromatic carbocycles. The van der Waals surface area contributed by atoms with E-state index < -0.39 is 22.3 Å². The smallest absolute Gasteiger partial charge is 0.329 e. The van der Waals surface area contributed by atoms with Gasteiger partial charge in [-0.1, -0.05) is 12.8 Å². The minimum Gasteiger partial charge on any atom is -0.480 e. The number of carbonyl (C=O) groups is 2. The molecule has 112 valence electrons. The number of aryl methyl sites for hydroxylation is 1. The Labute approximate surface area is 121 Å². The number of nitro groups is 1. The zero-order chi connectivity index (χ0) is 15.6. The van der Waals surface area contributed by atoms with Crippen LogP contribution in [-0.2, 0) is 4.79 Å². The Morgan fingerprint density at radius 2 is 1.95 bits per heavy atom. The average Bonchev–Trinajstić information content (AvgIpc) is 2.88. The van der Waals surface area contributed by atoms with Gasteiger partial charge in [0.2, 0.25) is 0 Å². The van der Waals surface area contributed by atoms with Crippen LogP contribution >= 0.6 is 0 Å². The molecule has 0 aromatic heterocycles. The number of carboxylic acid groups (broad SMARTS) is 1. The second kappa shape index (κ2) is 5.51. The molecule has 1 amide bonds. The summed E-state index contributed by atoms with van der Waals surface area (Å²) in [4.78, 5) is 33.8. The van der Waals surface area contributed by atoms with E-state index in [1.165, 1.54) is 18.2 Å². The van der Waals surface area contributed by atoms with Crippen molar-refractivity contribution >= 4 is 17.6 Å². The van der Waals surface area contributed by atoms with Crippen LogP contribution in [0, 0.1) is 17.0 Å². The van der Waals surface area contributed by atoms with Crippen LogP contribution in [-0.4, -0.2) is 27.4 Å². The molecule has 0 aliphatic heterocycles. The van der Waals surface area contributed by atoms with Gasteiger partial charge in [-0.15, -0.1) is 0 Å². The van der Waals surface area contributed by atoms with Crippen molar-refractivity contribution in [2.45, 2.75) is 38.1 Å². The van der Waals surface area contributed by atoms with Gasteiger partial charge in [-0.25, -0.2) is 4.79 Å². The van der Waals surface area contributed by atoms with Crippen molar-refractivity contribution in [2.75, 3.05) is 0 Å². The normalized spacial score (nSPS) is 16.4. The molecule has 7 nitrogen and oxygen atoms in total. The maximum Gasteiger partial charge on any atom is 0.329 e. The van der Waals surface area contributed by atoms with E-state index in [1.807, 2.05) is 0 Å². The van der Waals surface area contributed by atoms with Crippen molar-refractivity contribution in [1.82, 2.24) is 5.32 Å². The minimum absolute atomic E-state index is 0.0992. The molecule has 0 radical (unpaired) electrons. The minimum atomic E-state index is -1.22. The van der Waals surface area contributed by atoms with E-state index in [9.17, 15) is 24.8 Å². The number of carbonyl (C=O) groups excluding carboxylic acids is 1. The Balaban J connectivity index is 2.24. The summed E-state index contributed by atoms with van der Waals surface area (Å²) in [6, 6.07) is 3.90. The third-order valence-corrected chi connectivity index (χ3v) is 3.88. The standard InChI is InChI=1S/C14H16N2O5/c1-9-8-10(16(20)21)4-5-11(9)12(17)15-14(13(18)19)6-2-3-7-14/h4-5,8H,2-3,6-7H2,1H3,(H,15,17)(H,18,19). The molecule has 1 saturated carbocycles. The van der Waals surface area contributed by atoms with Crippen LogP contribution in [0.3, 0.4) is 0 Å². The molecule has 0 heterocycles. The van der Waals surface area contributed by atoms with Gasteiger partial charge in [0.25, 0.3) is 11.6 Å². The van der Waals surface area contributed by atoms with Gasteiger partial charge < -0.3 is 10.4 Å². The monoisotopic (exact) mass is 292 g/mol. The van der Waals surface area contributed by atoms with Crippen molar-refractivity contribution in [3.05, 3.63) is 39.4 Å². The number of non-ortho nitro benzene ring substituents is 1. The topological polar surface area (TPSA) is 110 Å². The molecule has 1 aliphatic carbocycles. The highest BCUT2D eigenvalue weighted by Gasteiger charge is 2.42. The number of amides is 1. The molecule has 0 atom stereocenters. The van der Waals surface area contributed by atoms with Crippen LogP contribution in [0.2, 0.25) is 0 Å². The molecular weight excluding hydrogens is 276 g/mol. The SMILES string of the molecule is Cc1cc([N+](=O)[O-])ccc1C(=O)NC1(C(=O)O)CCCC1. The average molecular weight is 292 g/mol. The summed E-state index contributed by atoms with van der Waals surface area (Å²) in [6.07, 6.45) is 2.32. The molecule has 1 aromatic rings. The highest BCUT2D eigenvalue weighted by atomic mass is 16.6. The maximum absolute atomic E-state index is 12.3. The van der Waals surface area contributed by atoms with Crippen LogP contribution in [0.1, 0.15) is 41.6 Å². The number of nitrogens with zero attached hydrogens (tertiary/aromatic N) is 1. The molecule has 2 N–H and O–H groups in total. The Bertz CT molecular complexity index is 605. The van der Waals surface area contributed by atoms with Gasteiger partial charge in [-0.3, -0.25) is 14.9 Å². The zero-order valence-electron chi connectivity index (χ0n) is 11.6. The van der Waals surface area contributed by atoms with Gasteiger partial charge in [0, 0.05) is 17.7 Å². The number of nitrogens with one attached hydrogen (secondary N) is 1. The first-order valence-electron chi connectivity index (χ1n) is 6.67. The van der Waals surface area contributed by atoms with E-state index in [1.54, 1.807) is 6.92 Å². The summed E-state index contributed by atoms with van der Waals surface area (Å²) in [5.41, 5.74) is -0.614. The Hall–Kier alpha value is -2.44. The lowest BCUT2D eigenvalue weighted by Gasteiger charge is -2.25. The highest BCUT2D eigenvalue weighted by molar-refractivity contribution is 5.99. The van der Waals surface area contributed by atoms with Crippen LogP contribution in [0.4, 0.5) is 5.69 Å². The van der Waals surface area contributed by atoms with Crippen molar-refractivity contribution in [2.24, 2.45) is 0 Å². The molecule has 1 aliphatic rings. The lowest BCUT2D eigenvalue weighted by atomic mass is 9.96. The molecule has 21 heavy (non-hydrogen) atoms. The van der Waals surface area contributed by atoms with E-state index >= 15 is 0 Å². The number of rotatable bonds is 4. The number of nitro benzene ring substituents is 1. The summed E-state index contributed by atoms with van der Waals surface area (Å²) in [6.45, 7) is 1.59. The van der Waals surface area contributed by atoms with E-state index in [2.05, 4.69) is 5.32 Å². The first-order chi connectivity index (χ1) is 9.85. The van der Waals surface area contributed by atoms with Crippen LogP contribution < -0.4 is 5.32 Å². The Kier molecular flexibility index (Phi) is 3.93. The summed E-state index contributed by atoms with van der Waals surface area (Å²) >= 11 is 0. The Morgan fingerprint density at radius 3 is 2.43 bits per heavy atom. The number of aliphatic carboxylic acids is 1. The molecule has 0 unspecified atom stereocenters. The van der Waals surface area contributed by atoms with Crippen LogP contribution in [0.5, 0.6) is 0 Å². The lowest BCUT2D eigenvalue weighted by molar-refractivity contribution is -0.384. The lowest BCUT2D eigenvalue weighted by Crippen LogP contribution is -2.52. The number of hydrogen-bond donors (Lipinski definition) is 2. The summed E-state index contributed by atoms with van der Waals surface area (Å²) < 4.78 is 0. The van der Waals surface area contributed by atoms with E-state index in [4.69, 9.17) is 0 Å². The van der Waals surface area contributed by atoms with Gasteiger partial charge in [-0.2, -0.15) is 0 Å². The molecule has 0 spiro atoms. The summed E-state index contributed by atoms with van der Waals surface area (Å²) in [7, 11) is 0. The van der Waals surface area contributed by atoms with Gasteiger partial charge in [-0.05, 0) is 31.4 Å². The van der Waals surface area contributed by atoms with Crippen LogP contribution in [0.25, 0.3) is 0 Å². The van der Waals surface area contributed by atoms with Crippen molar-refractivity contribution in [3.63, 3.8) is 0 Å². The maximum atomic E-state index is 12.3. The predicted octanol–water partition coefficient (Wildman–Crippen LogP) is 2.03. The molecule has 7 heteroatoms. The van der Waals surface area contributed by atoms with Gasteiger partial charge in [0.1, 0.15) is 5.54 Å². The number of hydrogen-bond acceptors (Lipinski definition) is 4. The van der Waals surface area contributed by atoms with Gasteiger partial charge >= 0.3 is 5.97 Å². The fraction of sp³-hybridized carbons (Fsp3) is 0.429. The van der Waals surface area contributed by atoms with Crippen molar-refractivity contribution < 1.29 is 19.6 Å². The highest BCUT2D eigenvalue weighted by Crippen LogP contribution is 2.30. The molecule has 0 saturated heterocycles. The molecule has 2 rings (SSSR count). The second-order valence-electron chi connectivity index (χ2n) is 5.30. The van der Waals surface area contributed by atoms with Gasteiger partial charge in [0.05, 0.1) is 4.92 Å². The number of carboxylic acids is 1. The van der Waals surface area contributed by atoms with Crippen molar-refractivity contribution in [3.8, 4) is 0 Å². The van der Waals surface area contributed by atoms with E-state index in [-0.39, 0.29) is 11.3 Å². The third-order valence-electron chi connectivity index (χ3n) is 3.88. The van der Waals surface area contributed by atoms with Crippen molar-refractivity contribution in [1.29, 1.82) is 0 Å². The summed E-state index contributed by atoms with van der Waals surface area (Å²) in [5.74, 6) is -1.54. The zero-order valence-corrected chi connectivity index (χ0v) is 11.6. The molecule has 0 bridgehead atoms. The molecular formula is C14H16N2O5. The van der Waals surface area contributed by atoms with E-state index in [0.29, 0.717) is 18.4 Å².